The van der Waals surface area contributed by atoms with Crippen molar-refractivity contribution in [2.75, 3.05) is 26.4 Å². The Kier molecular flexibility index (Phi) is 3.89. The molecular weight excluding hydrogens is 224 g/mol. The predicted molar refractivity (Wildman–Crippen MR) is 60.0 cm³/mol. The molecule has 1 amide bonds. The number of carbonyl (C=O) groups is 1. The van der Waals surface area contributed by atoms with Crippen molar-refractivity contribution in [1.82, 2.24) is 10.3 Å². The second-order valence-electron chi connectivity index (χ2n) is 3.72. The Morgan fingerprint density at radius 1 is 1.47 bits per heavy atom. The van der Waals surface area contributed by atoms with E-state index in [1.54, 1.807) is 0 Å². The second kappa shape index (κ2) is 5.60. The van der Waals surface area contributed by atoms with E-state index >= 15 is 0 Å². The minimum atomic E-state index is -0.240. The van der Waals surface area contributed by atoms with E-state index in [1.807, 2.05) is 0 Å². The van der Waals surface area contributed by atoms with Crippen LogP contribution in [0, 0.1) is 0 Å². The lowest BCUT2D eigenvalue weighted by molar-refractivity contribution is -0.0855. The van der Waals surface area contributed by atoms with E-state index < -0.39 is 0 Å². The highest BCUT2D eigenvalue weighted by Crippen LogP contribution is 2.00. The van der Waals surface area contributed by atoms with Gasteiger partial charge in [0.2, 0.25) is 5.56 Å². The van der Waals surface area contributed by atoms with Crippen LogP contribution in [0.1, 0.15) is 10.4 Å². The van der Waals surface area contributed by atoms with Gasteiger partial charge in [-0.2, -0.15) is 0 Å². The fraction of sp³-hybridized carbons (Fsp3) is 0.455. The summed E-state index contributed by atoms with van der Waals surface area (Å²) < 4.78 is 10.6. The van der Waals surface area contributed by atoms with Gasteiger partial charge in [-0.05, 0) is 6.07 Å². The van der Waals surface area contributed by atoms with Crippen molar-refractivity contribution in [3.63, 3.8) is 0 Å². The zero-order valence-electron chi connectivity index (χ0n) is 9.27. The van der Waals surface area contributed by atoms with Crippen molar-refractivity contribution in [2.45, 2.75) is 6.10 Å². The van der Waals surface area contributed by atoms with Crippen LogP contribution in [-0.2, 0) is 9.47 Å². The molecule has 17 heavy (non-hydrogen) atoms. The van der Waals surface area contributed by atoms with Gasteiger partial charge in [0, 0.05) is 18.8 Å². The number of hydrogen-bond donors (Lipinski definition) is 2. The summed E-state index contributed by atoms with van der Waals surface area (Å²) in [6.07, 6.45) is 1.28. The summed E-state index contributed by atoms with van der Waals surface area (Å²) in [6, 6.07) is 2.79. The first-order valence-electron chi connectivity index (χ1n) is 5.42. The Labute approximate surface area is 97.9 Å². The van der Waals surface area contributed by atoms with Crippen LogP contribution in [0.25, 0.3) is 0 Å². The molecule has 1 aliphatic rings. The van der Waals surface area contributed by atoms with Gasteiger partial charge < -0.3 is 19.8 Å². The molecule has 0 radical (unpaired) electrons. The molecule has 2 heterocycles. The number of H-pyrrole nitrogens is 1. The van der Waals surface area contributed by atoms with Crippen molar-refractivity contribution in [1.29, 1.82) is 0 Å². The van der Waals surface area contributed by atoms with Gasteiger partial charge in [0.15, 0.2) is 0 Å². The van der Waals surface area contributed by atoms with Crippen LogP contribution < -0.4 is 10.9 Å². The number of hydrogen-bond acceptors (Lipinski definition) is 4. The Balaban J connectivity index is 1.84. The first kappa shape index (κ1) is 11.8. The maximum Gasteiger partial charge on any atom is 0.252 e. The maximum atomic E-state index is 11.7. The van der Waals surface area contributed by atoms with Crippen molar-refractivity contribution >= 4 is 5.91 Å². The lowest BCUT2D eigenvalue weighted by Gasteiger charge is -2.23. The first-order valence-corrected chi connectivity index (χ1v) is 5.42. The summed E-state index contributed by atoms with van der Waals surface area (Å²) in [5.41, 5.74) is 0.187. The molecule has 2 rings (SSSR count). The Morgan fingerprint density at radius 2 is 2.35 bits per heavy atom. The van der Waals surface area contributed by atoms with Crippen LogP contribution in [0.4, 0.5) is 0 Å². The number of aromatic amines is 1. The molecule has 0 bridgehead atoms. The van der Waals surface area contributed by atoms with E-state index in [4.69, 9.17) is 9.47 Å². The third kappa shape index (κ3) is 3.40. The Bertz CT molecular complexity index is 417. The number of pyridine rings is 1. The molecule has 0 aromatic carbocycles. The zero-order chi connectivity index (χ0) is 12.1. The average Bonchev–Trinajstić information content (AvgIpc) is 2.38. The molecule has 6 heteroatoms. The number of rotatable bonds is 3. The zero-order valence-corrected chi connectivity index (χ0v) is 9.27. The second-order valence-corrected chi connectivity index (χ2v) is 3.72. The van der Waals surface area contributed by atoms with Crippen LogP contribution in [-0.4, -0.2) is 43.4 Å². The summed E-state index contributed by atoms with van der Waals surface area (Å²) in [7, 11) is 0. The molecule has 2 N–H and O–H groups in total. The largest absolute Gasteiger partial charge is 0.376 e. The minimum Gasteiger partial charge on any atom is -0.376 e. The van der Waals surface area contributed by atoms with Crippen molar-refractivity contribution in [3.8, 4) is 0 Å². The van der Waals surface area contributed by atoms with Gasteiger partial charge >= 0.3 is 0 Å². The van der Waals surface area contributed by atoms with E-state index in [1.165, 1.54) is 18.3 Å². The van der Waals surface area contributed by atoms with E-state index in [0.717, 1.165) is 0 Å². The van der Waals surface area contributed by atoms with Gasteiger partial charge in [-0.15, -0.1) is 0 Å². The molecule has 6 nitrogen and oxygen atoms in total. The third-order valence-electron chi connectivity index (χ3n) is 2.42. The van der Waals surface area contributed by atoms with Crippen LogP contribution >= 0.6 is 0 Å². The number of amides is 1. The summed E-state index contributed by atoms with van der Waals surface area (Å²) in [5, 5.41) is 2.72. The van der Waals surface area contributed by atoms with Crippen molar-refractivity contribution < 1.29 is 14.3 Å². The van der Waals surface area contributed by atoms with Crippen molar-refractivity contribution in [3.05, 3.63) is 34.2 Å². The average molecular weight is 238 g/mol. The minimum absolute atomic E-state index is 0.101. The van der Waals surface area contributed by atoms with Gasteiger partial charge in [-0.1, -0.05) is 0 Å². The van der Waals surface area contributed by atoms with E-state index in [2.05, 4.69) is 10.3 Å². The summed E-state index contributed by atoms with van der Waals surface area (Å²) in [5.74, 6) is -0.240. The fourth-order valence-electron chi connectivity index (χ4n) is 1.51. The van der Waals surface area contributed by atoms with Gasteiger partial charge in [-0.3, -0.25) is 9.59 Å². The van der Waals surface area contributed by atoms with E-state index in [9.17, 15) is 9.59 Å². The lowest BCUT2D eigenvalue weighted by atomic mass is 10.2. The van der Waals surface area contributed by atoms with Crippen LogP contribution in [0.15, 0.2) is 23.1 Å². The van der Waals surface area contributed by atoms with E-state index in [0.29, 0.717) is 31.9 Å². The van der Waals surface area contributed by atoms with Crippen LogP contribution in [0.5, 0.6) is 0 Å². The molecule has 1 atom stereocenters. The molecule has 0 spiro atoms. The number of ether oxygens (including phenoxy) is 2. The molecule has 1 aliphatic heterocycles. The Morgan fingerprint density at radius 3 is 3.00 bits per heavy atom. The highest BCUT2D eigenvalue weighted by Gasteiger charge is 2.15. The SMILES string of the molecule is O=C(NCC1COCCO1)c1ccc(=O)[nH]c1. The predicted octanol–water partition coefficient (Wildman–Crippen LogP) is -0.480. The lowest BCUT2D eigenvalue weighted by Crippen LogP contribution is -2.39. The summed E-state index contributed by atoms with van der Waals surface area (Å²) in [4.78, 5) is 24.9. The van der Waals surface area contributed by atoms with Crippen LogP contribution in [0.3, 0.4) is 0 Å². The first-order chi connectivity index (χ1) is 8.25. The molecular formula is C11H14N2O4. The quantitative estimate of drug-likeness (QED) is 0.745. The number of carbonyl (C=O) groups excluding carboxylic acids is 1. The molecule has 92 valence electrons. The van der Waals surface area contributed by atoms with E-state index in [-0.39, 0.29) is 17.6 Å². The number of nitrogens with one attached hydrogen (secondary N) is 2. The topological polar surface area (TPSA) is 80.4 Å². The normalized spacial score (nSPS) is 19.9. The fourth-order valence-corrected chi connectivity index (χ4v) is 1.51. The van der Waals surface area contributed by atoms with Crippen molar-refractivity contribution in [2.24, 2.45) is 0 Å². The molecule has 1 aromatic heterocycles. The number of aromatic nitrogens is 1. The van der Waals surface area contributed by atoms with Gasteiger partial charge in [0.25, 0.3) is 5.91 Å². The Hall–Kier alpha value is -1.66. The highest BCUT2D eigenvalue weighted by molar-refractivity contribution is 5.93. The monoisotopic (exact) mass is 238 g/mol. The standard InChI is InChI=1S/C11H14N2O4/c14-10-2-1-8(5-12-10)11(15)13-6-9-7-16-3-4-17-9/h1-2,5,9H,3-4,6-7H2,(H,12,14)(H,13,15). The third-order valence-corrected chi connectivity index (χ3v) is 2.42. The molecule has 0 aliphatic carbocycles. The van der Waals surface area contributed by atoms with Gasteiger partial charge in [-0.25, -0.2) is 0 Å². The van der Waals surface area contributed by atoms with Crippen LogP contribution in [0.2, 0.25) is 0 Å². The molecule has 1 saturated heterocycles. The molecule has 1 aromatic rings. The smallest absolute Gasteiger partial charge is 0.252 e. The molecule has 1 fully saturated rings. The maximum absolute atomic E-state index is 11.7. The summed E-state index contributed by atoms with van der Waals surface area (Å²) >= 11 is 0. The van der Waals surface area contributed by atoms with Gasteiger partial charge in [0.1, 0.15) is 0 Å². The van der Waals surface area contributed by atoms with Gasteiger partial charge in [0.05, 0.1) is 31.5 Å². The molecule has 0 saturated carbocycles. The highest BCUT2D eigenvalue weighted by atomic mass is 16.6. The summed E-state index contributed by atoms with van der Waals surface area (Å²) in [6.45, 7) is 2.05. The molecule has 1 unspecified atom stereocenters.